The molecule has 6 nitrogen and oxygen atoms in total. The SMILES string of the molecule is CCOC(=O)CC(=O)OOc1ccc(Cl)c2cccnc12. The first kappa shape index (κ1) is 15.1. The lowest BCUT2D eigenvalue weighted by Crippen LogP contribution is -2.15. The van der Waals surface area contributed by atoms with Crippen molar-refractivity contribution >= 4 is 34.4 Å². The van der Waals surface area contributed by atoms with Gasteiger partial charge >= 0.3 is 11.9 Å². The number of hydrogen-bond acceptors (Lipinski definition) is 6. The zero-order valence-electron chi connectivity index (χ0n) is 11.2. The second-order valence-corrected chi connectivity index (χ2v) is 4.37. The number of pyridine rings is 1. The number of ether oxygens (including phenoxy) is 1. The highest BCUT2D eigenvalue weighted by atomic mass is 35.5. The first-order valence-electron chi connectivity index (χ1n) is 6.18. The molecule has 0 radical (unpaired) electrons. The van der Waals surface area contributed by atoms with Crippen LogP contribution in [0.1, 0.15) is 13.3 Å². The lowest BCUT2D eigenvalue weighted by atomic mass is 10.2. The van der Waals surface area contributed by atoms with Gasteiger partial charge in [-0.15, -0.1) is 0 Å². The molecule has 0 N–H and O–H groups in total. The van der Waals surface area contributed by atoms with E-state index >= 15 is 0 Å². The Balaban J connectivity index is 2.06. The van der Waals surface area contributed by atoms with Gasteiger partial charge in [-0.3, -0.25) is 14.7 Å². The number of halogens is 1. The highest BCUT2D eigenvalue weighted by molar-refractivity contribution is 6.35. The van der Waals surface area contributed by atoms with Crippen LogP contribution in [0.2, 0.25) is 5.02 Å². The average Bonchev–Trinajstić information content (AvgIpc) is 2.47. The number of esters is 1. The van der Waals surface area contributed by atoms with Gasteiger partial charge < -0.3 is 4.74 Å². The molecule has 1 heterocycles. The van der Waals surface area contributed by atoms with Crippen LogP contribution in [0.15, 0.2) is 30.5 Å². The summed E-state index contributed by atoms with van der Waals surface area (Å²) >= 11 is 6.03. The predicted molar refractivity (Wildman–Crippen MR) is 74.7 cm³/mol. The molecule has 21 heavy (non-hydrogen) atoms. The molecule has 0 aliphatic heterocycles. The van der Waals surface area contributed by atoms with Gasteiger partial charge in [0, 0.05) is 11.6 Å². The summed E-state index contributed by atoms with van der Waals surface area (Å²) in [6.45, 7) is 1.84. The van der Waals surface area contributed by atoms with Crippen LogP contribution >= 0.6 is 11.6 Å². The Hall–Kier alpha value is -2.34. The van der Waals surface area contributed by atoms with Crippen LogP contribution < -0.4 is 4.89 Å². The van der Waals surface area contributed by atoms with Crippen molar-refractivity contribution in [3.63, 3.8) is 0 Å². The fourth-order valence-corrected chi connectivity index (χ4v) is 1.85. The standard InChI is InChI=1S/C14H12ClNO5/c1-2-19-12(17)8-13(18)21-20-11-6-5-10(15)9-4-3-7-16-14(9)11/h3-7H,2,8H2,1H3. The topological polar surface area (TPSA) is 74.7 Å². The van der Waals surface area contributed by atoms with Crippen LogP contribution in [0.3, 0.4) is 0 Å². The second kappa shape index (κ2) is 6.90. The third-order valence-electron chi connectivity index (χ3n) is 2.50. The van der Waals surface area contributed by atoms with Gasteiger partial charge in [-0.1, -0.05) is 11.6 Å². The van der Waals surface area contributed by atoms with E-state index in [-0.39, 0.29) is 12.4 Å². The fraction of sp³-hybridized carbons (Fsp3) is 0.214. The molecule has 0 aliphatic rings. The molecule has 1 aromatic heterocycles. The molecular weight excluding hydrogens is 298 g/mol. The Labute approximate surface area is 125 Å². The van der Waals surface area contributed by atoms with E-state index < -0.39 is 18.4 Å². The van der Waals surface area contributed by atoms with E-state index in [1.165, 1.54) is 6.07 Å². The minimum atomic E-state index is -0.854. The van der Waals surface area contributed by atoms with Crippen molar-refractivity contribution in [1.29, 1.82) is 0 Å². The summed E-state index contributed by atoms with van der Waals surface area (Å²) in [5.74, 6) is -1.30. The Morgan fingerprint density at radius 2 is 2.05 bits per heavy atom. The van der Waals surface area contributed by atoms with Crippen LogP contribution in [-0.4, -0.2) is 23.5 Å². The molecule has 1 aromatic carbocycles. The molecule has 0 unspecified atom stereocenters. The molecule has 0 fully saturated rings. The molecule has 0 saturated carbocycles. The van der Waals surface area contributed by atoms with Gasteiger partial charge in [0.15, 0.2) is 0 Å². The van der Waals surface area contributed by atoms with Crippen LogP contribution in [0.4, 0.5) is 0 Å². The van der Waals surface area contributed by atoms with Crippen LogP contribution in [0, 0.1) is 0 Å². The van der Waals surface area contributed by atoms with Gasteiger partial charge in [0.05, 0.1) is 11.6 Å². The van der Waals surface area contributed by atoms with Gasteiger partial charge in [-0.2, -0.15) is 0 Å². The third kappa shape index (κ3) is 3.82. The number of benzene rings is 1. The maximum atomic E-state index is 11.4. The molecule has 7 heteroatoms. The van der Waals surface area contributed by atoms with Crippen molar-refractivity contribution in [2.75, 3.05) is 6.61 Å². The summed E-state index contributed by atoms with van der Waals surface area (Å²) in [6, 6.07) is 6.61. The van der Waals surface area contributed by atoms with Crippen molar-refractivity contribution in [2.24, 2.45) is 0 Å². The average molecular weight is 310 g/mol. The number of nitrogens with zero attached hydrogens (tertiary/aromatic N) is 1. The molecule has 2 rings (SSSR count). The van der Waals surface area contributed by atoms with E-state index in [0.29, 0.717) is 15.9 Å². The molecule has 2 aromatic rings. The van der Waals surface area contributed by atoms with Gasteiger partial charge in [0.25, 0.3) is 0 Å². The molecule has 0 amide bonds. The van der Waals surface area contributed by atoms with Gasteiger partial charge in [-0.25, -0.2) is 9.68 Å². The summed E-state index contributed by atoms with van der Waals surface area (Å²) in [6.07, 6.45) is 1.04. The summed E-state index contributed by atoms with van der Waals surface area (Å²) in [7, 11) is 0. The molecule has 0 saturated heterocycles. The fourth-order valence-electron chi connectivity index (χ4n) is 1.63. The molecule has 0 atom stereocenters. The summed E-state index contributed by atoms with van der Waals surface area (Å²) < 4.78 is 4.63. The Bertz CT molecular complexity index is 673. The zero-order valence-corrected chi connectivity index (χ0v) is 11.9. The Morgan fingerprint density at radius 1 is 1.24 bits per heavy atom. The van der Waals surface area contributed by atoms with Crippen molar-refractivity contribution in [3.05, 3.63) is 35.5 Å². The van der Waals surface area contributed by atoms with E-state index in [1.54, 1.807) is 31.3 Å². The van der Waals surface area contributed by atoms with Crippen molar-refractivity contribution in [2.45, 2.75) is 13.3 Å². The molecule has 0 aliphatic carbocycles. The van der Waals surface area contributed by atoms with Crippen molar-refractivity contribution in [3.8, 4) is 5.75 Å². The summed E-state index contributed by atoms with van der Waals surface area (Å²) in [5, 5.41) is 1.17. The first-order valence-corrected chi connectivity index (χ1v) is 6.55. The van der Waals surface area contributed by atoms with E-state index in [9.17, 15) is 9.59 Å². The normalized spacial score (nSPS) is 10.2. The molecule has 0 bridgehead atoms. The minimum absolute atomic E-state index is 0.193. The quantitative estimate of drug-likeness (QED) is 0.366. The number of fused-ring (bicyclic) bond motifs is 1. The van der Waals surface area contributed by atoms with E-state index in [0.717, 1.165) is 0 Å². The van der Waals surface area contributed by atoms with Gasteiger partial charge in [0.1, 0.15) is 11.9 Å². The summed E-state index contributed by atoms with van der Waals surface area (Å²) in [5.41, 5.74) is 0.453. The number of carbonyl (C=O) groups excluding carboxylic acids is 2. The largest absolute Gasteiger partial charge is 0.466 e. The summed E-state index contributed by atoms with van der Waals surface area (Å²) in [4.78, 5) is 36.1. The monoisotopic (exact) mass is 309 g/mol. The lowest BCUT2D eigenvalue weighted by molar-refractivity contribution is -0.214. The highest BCUT2D eigenvalue weighted by Crippen LogP contribution is 2.29. The Kier molecular flexibility index (Phi) is 4.94. The lowest BCUT2D eigenvalue weighted by Gasteiger charge is -2.07. The number of hydrogen-bond donors (Lipinski definition) is 0. The van der Waals surface area contributed by atoms with Gasteiger partial charge in [-0.05, 0) is 31.2 Å². The van der Waals surface area contributed by atoms with Crippen LogP contribution in [-0.2, 0) is 19.2 Å². The van der Waals surface area contributed by atoms with Crippen molar-refractivity contribution < 1.29 is 24.1 Å². The van der Waals surface area contributed by atoms with Crippen LogP contribution in [0.25, 0.3) is 10.9 Å². The number of aromatic nitrogens is 1. The van der Waals surface area contributed by atoms with Crippen LogP contribution in [0.5, 0.6) is 5.75 Å². The zero-order chi connectivity index (χ0) is 15.2. The molecule has 0 spiro atoms. The van der Waals surface area contributed by atoms with E-state index in [4.69, 9.17) is 16.5 Å². The third-order valence-corrected chi connectivity index (χ3v) is 2.83. The smallest absolute Gasteiger partial charge is 0.366 e. The molecular formula is C14H12ClNO5. The minimum Gasteiger partial charge on any atom is -0.466 e. The van der Waals surface area contributed by atoms with Crippen molar-refractivity contribution in [1.82, 2.24) is 4.98 Å². The maximum Gasteiger partial charge on any atom is 0.366 e. The van der Waals surface area contributed by atoms with E-state index in [1.807, 2.05) is 0 Å². The number of carbonyl (C=O) groups is 2. The first-order chi connectivity index (χ1) is 10.1. The number of rotatable bonds is 5. The predicted octanol–water partition coefficient (Wildman–Crippen LogP) is 2.68. The van der Waals surface area contributed by atoms with Gasteiger partial charge in [0.2, 0.25) is 5.75 Å². The van der Waals surface area contributed by atoms with E-state index in [2.05, 4.69) is 14.6 Å². The molecule has 110 valence electrons. The maximum absolute atomic E-state index is 11.4. The Morgan fingerprint density at radius 3 is 2.81 bits per heavy atom. The second-order valence-electron chi connectivity index (χ2n) is 3.97. The highest BCUT2D eigenvalue weighted by Gasteiger charge is 2.15.